The summed E-state index contributed by atoms with van der Waals surface area (Å²) >= 11 is 0. The Morgan fingerprint density at radius 1 is 0.305 bits per heavy atom. The van der Waals surface area contributed by atoms with Crippen molar-refractivity contribution in [2.75, 3.05) is 60.8 Å². The van der Waals surface area contributed by atoms with E-state index in [1.165, 1.54) is 161 Å². The molecule has 20 fully saturated rings. The third kappa shape index (κ3) is 27.6. The van der Waals surface area contributed by atoms with E-state index in [9.17, 15) is 43.2 Å². The van der Waals surface area contributed by atoms with Gasteiger partial charge in [-0.3, -0.25) is 43.2 Å². The van der Waals surface area contributed by atoms with Gasteiger partial charge < -0.3 is 66.3 Å². The van der Waals surface area contributed by atoms with Crippen LogP contribution in [0.15, 0.2) is 0 Å². The van der Waals surface area contributed by atoms with Crippen molar-refractivity contribution in [1.82, 2.24) is 0 Å². The van der Waals surface area contributed by atoms with Crippen molar-refractivity contribution in [3.8, 4) is 0 Å². The Hall–Kier alpha value is -4.65. The van der Waals surface area contributed by atoms with Crippen molar-refractivity contribution in [1.29, 1.82) is 0 Å². The van der Waals surface area contributed by atoms with Gasteiger partial charge in [-0.1, -0.05) is 76.2 Å². The standard InChI is InChI=1S/C17H26O4.C16H24O4.C16H26O3.C15H26O3.2C14H24O3.C13H22O3/c1-4-17(2,3)16(19)21-9-20-15-12-6-10-5-11(8-12)14(18)13(15)7-10;1-3-9(2)16(18)20-8-19-15-12-5-10-4-11(7-12)14(17)13(15)6-10;1-3-10(2)16(17)19-9-18-15-13-5-11-4-12(7-13)8-14(15)6-11;1-4-14(2,3)13(16)18-11-17-10-15-7-5-12(9-15)6-8-15;1-4-14(2,3)13(15)17-9-16-12-8-10-5-6-11(12)7-10;1-3-11(2)13(15)17-10-16-9-14-6-4-12(8-14)5-7-14;1-3-9(2)13(14)16-8-15-12-7-10-4-5-11(12)6-10/h10-13,15H,4-9H2,1-3H3;9-13,15H,3-8H2,1-2H3;10-15H,3-9H2,1-2H3;12H,4-11H2,1-3H3;10-12H,4-9H2,1-3H3;11-12H,3-10H2,1-2H3;9-12H,3-8H2,1-2H3. The highest BCUT2D eigenvalue weighted by Crippen LogP contribution is 2.59. The zero-order valence-corrected chi connectivity index (χ0v) is 82.2. The number of Topliss-reactive ketones (excluding diaryl/α,β-unsaturated/α-hetero) is 2. The monoisotopic (exact) mass is 1800 g/mol. The average Bonchev–Trinajstić information content (AvgIpc) is 1.28. The van der Waals surface area contributed by atoms with Gasteiger partial charge in [-0.2, -0.15) is 0 Å². The number of fused-ring (bicyclic) bond motifs is 8. The molecule has 730 valence electrons. The highest BCUT2D eigenvalue weighted by Gasteiger charge is 2.57. The summed E-state index contributed by atoms with van der Waals surface area (Å²) in [4.78, 5) is 106. The van der Waals surface area contributed by atoms with E-state index in [2.05, 4.69) is 0 Å². The molecule has 0 heterocycles. The van der Waals surface area contributed by atoms with Gasteiger partial charge in [-0.15, -0.1) is 0 Å². The quantitative estimate of drug-likeness (QED) is 0.0242. The Bertz CT molecular complexity index is 3520. The SMILES string of the molecule is CCC(C)(C)C(=O)OCOC1C2CC3CC(C2)C(=O)C1C3.CCC(C)(C)C(=O)OCOC1CC2CCC1C2.CCC(C)(C)C(=O)OCOCC12CCC(CC1)C2.CCC(C)C(=O)OCOC1C2CC3CC(C2)C(=O)C1C3.CCC(C)C(=O)OCOC1C2CC3CC(C2)CC1C3.CCC(C)C(=O)OCOC1CC2CCC1C2.CCC(C)C(=O)OCOCC12CCC(CC1)C2. The molecule has 23 heteroatoms. The number of hydrogen-bond donors (Lipinski definition) is 0. The van der Waals surface area contributed by atoms with Crippen LogP contribution in [0.3, 0.4) is 0 Å². The predicted molar refractivity (Wildman–Crippen MR) is 484 cm³/mol. The molecule has 0 aromatic carbocycles. The van der Waals surface area contributed by atoms with Gasteiger partial charge >= 0.3 is 41.8 Å². The van der Waals surface area contributed by atoms with Crippen LogP contribution in [-0.2, 0) is 109 Å². The largest absolute Gasteiger partial charge is 0.438 e. The minimum Gasteiger partial charge on any atom is -0.438 e. The van der Waals surface area contributed by atoms with E-state index in [4.69, 9.17) is 66.3 Å². The van der Waals surface area contributed by atoms with Crippen LogP contribution >= 0.6 is 0 Å². The second-order valence-electron chi connectivity index (χ2n) is 45.5. The molecule has 0 amide bonds. The van der Waals surface area contributed by atoms with Crippen LogP contribution in [0.4, 0.5) is 0 Å². The molecule has 20 unspecified atom stereocenters. The fourth-order valence-corrected chi connectivity index (χ4v) is 25.4. The van der Waals surface area contributed by atoms with Gasteiger partial charge in [0.05, 0.1) is 83.7 Å². The second kappa shape index (κ2) is 47.7. The molecule has 23 nitrogen and oxygen atoms in total. The number of rotatable bonds is 37. The van der Waals surface area contributed by atoms with Gasteiger partial charge in [0.25, 0.3) is 0 Å². The zero-order chi connectivity index (χ0) is 92.4. The molecule has 20 bridgehead atoms. The highest BCUT2D eigenvalue weighted by atomic mass is 16.7. The Morgan fingerprint density at radius 3 is 0.906 bits per heavy atom. The maximum absolute atomic E-state index is 12.3. The number of esters is 7. The van der Waals surface area contributed by atoms with Crippen molar-refractivity contribution in [2.24, 2.45) is 157 Å². The summed E-state index contributed by atoms with van der Waals surface area (Å²) in [6.45, 7) is 35.1. The number of ketones is 2. The van der Waals surface area contributed by atoms with Crippen LogP contribution in [0.25, 0.3) is 0 Å². The third-order valence-corrected chi connectivity index (χ3v) is 35.4. The number of ether oxygens (including phenoxy) is 14. The number of carbonyl (C=O) groups excluding carboxylic acids is 9. The molecular weight excluding hydrogens is 1630 g/mol. The number of hydrogen-bond acceptors (Lipinski definition) is 23. The lowest BCUT2D eigenvalue weighted by molar-refractivity contribution is -0.194. The maximum atomic E-state index is 12.3. The molecule has 20 aliphatic carbocycles. The molecule has 20 rings (SSSR count). The Labute approximate surface area is 769 Å². The first kappa shape index (κ1) is 104. The first-order valence-corrected chi connectivity index (χ1v) is 51.5. The molecule has 0 aromatic heterocycles. The molecule has 0 spiro atoms. The maximum Gasteiger partial charge on any atom is 0.313 e. The minimum absolute atomic E-state index is 0.00343. The lowest BCUT2D eigenvalue weighted by atomic mass is 9.54. The van der Waals surface area contributed by atoms with E-state index in [0.717, 1.165) is 168 Å². The molecule has 20 atom stereocenters. The van der Waals surface area contributed by atoms with Gasteiger partial charge in [0.2, 0.25) is 0 Å². The molecule has 0 aliphatic heterocycles. The fourth-order valence-electron chi connectivity index (χ4n) is 25.4. The molecule has 20 aliphatic rings. The van der Waals surface area contributed by atoms with E-state index in [-0.39, 0.29) is 143 Å². The highest BCUT2D eigenvalue weighted by molar-refractivity contribution is 5.87. The Morgan fingerprint density at radius 2 is 0.594 bits per heavy atom. The van der Waals surface area contributed by atoms with Crippen LogP contribution < -0.4 is 0 Å². The van der Waals surface area contributed by atoms with Crippen molar-refractivity contribution >= 4 is 53.4 Å². The molecule has 20 saturated carbocycles. The van der Waals surface area contributed by atoms with Crippen LogP contribution in [0.5, 0.6) is 0 Å². The Balaban J connectivity index is 0.000000145. The first-order chi connectivity index (χ1) is 61.0. The molecule has 0 N–H and O–H groups in total. The van der Waals surface area contributed by atoms with Gasteiger partial charge in [-0.05, 0) is 379 Å². The van der Waals surface area contributed by atoms with Crippen LogP contribution in [0, 0.1) is 157 Å². The van der Waals surface area contributed by atoms with Gasteiger partial charge in [0, 0.05) is 23.7 Å². The van der Waals surface area contributed by atoms with Crippen LogP contribution in [0.2, 0.25) is 0 Å². The first-order valence-electron chi connectivity index (χ1n) is 51.5. The van der Waals surface area contributed by atoms with Gasteiger partial charge in [0.1, 0.15) is 11.6 Å². The zero-order valence-electron chi connectivity index (χ0n) is 82.2. The Kier molecular flexibility index (Phi) is 38.7. The minimum atomic E-state index is -0.469. The number of carbonyl (C=O) groups is 9. The average molecular weight is 1800 g/mol. The molecule has 0 saturated heterocycles. The molecule has 0 aromatic rings. The predicted octanol–water partition coefficient (Wildman–Crippen LogP) is 21.4. The lowest BCUT2D eigenvalue weighted by Crippen LogP contribution is -2.55. The summed E-state index contributed by atoms with van der Waals surface area (Å²) in [7, 11) is 0. The van der Waals surface area contributed by atoms with E-state index in [1.807, 2.05) is 118 Å². The van der Waals surface area contributed by atoms with Gasteiger partial charge in [0.15, 0.2) is 47.6 Å². The summed E-state index contributed by atoms with van der Waals surface area (Å²) in [5.74, 6) is 11.2. The smallest absolute Gasteiger partial charge is 0.313 e. The normalized spacial score (nSPS) is 35.7. The third-order valence-electron chi connectivity index (χ3n) is 35.4. The fraction of sp³-hybridized carbons (Fsp3) is 0.914. The van der Waals surface area contributed by atoms with E-state index >= 15 is 0 Å². The summed E-state index contributed by atoms with van der Waals surface area (Å²) in [6.07, 6.45) is 45.5. The van der Waals surface area contributed by atoms with E-state index in [1.54, 1.807) is 0 Å². The van der Waals surface area contributed by atoms with E-state index in [0.29, 0.717) is 58.5 Å². The van der Waals surface area contributed by atoms with Crippen molar-refractivity contribution in [3.63, 3.8) is 0 Å². The summed E-state index contributed by atoms with van der Waals surface area (Å²) in [5, 5.41) is 0. The second-order valence-corrected chi connectivity index (χ2v) is 45.5. The van der Waals surface area contributed by atoms with Crippen LogP contribution in [-0.4, -0.2) is 145 Å². The van der Waals surface area contributed by atoms with Crippen molar-refractivity contribution in [3.05, 3.63) is 0 Å². The topological polar surface area (TPSA) is 283 Å². The molecule has 0 radical (unpaired) electrons. The summed E-state index contributed by atoms with van der Waals surface area (Å²) in [5.41, 5.74) is -0.417. The van der Waals surface area contributed by atoms with Crippen molar-refractivity contribution in [2.45, 2.75) is 392 Å². The van der Waals surface area contributed by atoms with E-state index < -0.39 is 16.2 Å². The molecule has 128 heavy (non-hydrogen) atoms. The molecular formula is C105H172O23. The lowest BCUT2D eigenvalue weighted by Gasteiger charge is -2.53. The van der Waals surface area contributed by atoms with Crippen LogP contribution in [0.1, 0.15) is 362 Å². The summed E-state index contributed by atoms with van der Waals surface area (Å²) < 4.78 is 76.4. The summed E-state index contributed by atoms with van der Waals surface area (Å²) in [6, 6.07) is 0. The van der Waals surface area contributed by atoms with Crippen molar-refractivity contribution < 1.29 is 109 Å². The van der Waals surface area contributed by atoms with Gasteiger partial charge in [-0.25, -0.2) is 0 Å².